The summed E-state index contributed by atoms with van der Waals surface area (Å²) in [6.07, 6.45) is -9.43. The average Bonchev–Trinajstić information content (AvgIpc) is 0.747. The summed E-state index contributed by atoms with van der Waals surface area (Å²) in [4.78, 5) is 7.98. The average molecular weight is 1490 g/mol. The number of unbranched alkanes of at least 4 members (excludes halogenated alkanes) is 2. The molecule has 0 aliphatic rings. The van der Waals surface area contributed by atoms with Gasteiger partial charge in [-0.15, -0.1) is 25.3 Å². The summed E-state index contributed by atoms with van der Waals surface area (Å²) in [6, 6.07) is 60.0. The number of hydrogen-bond acceptors (Lipinski definition) is 2. The fraction of sp³-hybridized carbons (Fsp3) is 0.167. The third-order valence-electron chi connectivity index (χ3n) is 15.3. The topological polar surface area (TPSA) is 18.5 Å². The molecule has 0 unspecified atom stereocenters. The molecule has 0 aliphatic carbocycles. The van der Waals surface area contributed by atoms with E-state index in [1.54, 1.807) is 0 Å². The zero-order valence-electron chi connectivity index (χ0n) is 53.1. The van der Waals surface area contributed by atoms with Gasteiger partial charge in [-0.1, -0.05) is 99.5 Å². The monoisotopic (exact) mass is 1490 g/mol. The van der Waals surface area contributed by atoms with E-state index in [9.17, 15) is 105 Å². The molecule has 0 saturated heterocycles. The summed E-state index contributed by atoms with van der Waals surface area (Å²) in [6.45, 7) is 5.94. The van der Waals surface area contributed by atoms with Gasteiger partial charge in [-0.05, 0) is 132 Å². The van der Waals surface area contributed by atoms with Crippen LogP contribution in [0.15, 0.2) is 199 Å². The molecular weight excluding hydrogens is 1440 g/mol. The van der Waals surface area contributed by atoms with Crippen molar-refractivity contribution in [2.75, 3.05) is 13.2 Å². The molecule has 0 saturated carbocycles. The van der Waals surface area contributed by atoms with Gasteiger partial charge in [0.05, 0.1) is 35.0 Å². The first-order valence-electron chi connectivity index (χ1n) is 30.6. The van der Waals surface area contributed by atoms with Crippen LogP contribution in [0.4, 0.5) is 105 Å². The molecule has 0 fully saturated rings. The number of benzene rings is 10. The van der Waals surface area contributed by atoms with Gasteiger partial charge in [0.15, 0.2) is 122 Å². The predicted octanol–water partition coefficient (Wildman–Crippen LogP) is 22.6. The Morgan fingerprint density at radius 2 is 0.412 bits per heavy atom. The van der Waals surface area contributed by atoms with E-state index in [0.29, 0.717) is 0 Å². The third kappa shape index (κ3) is 19.8. The van der Waals surface area contributed by atoms with Crippen LogP contribution in [0.3, 0.4) is 0 Å². The van der Waals surface area contributed by atoms with Crippen LogP contribution < -0.4 is 9.47 Å². The lowest BCUT2D eigenvalue weighted by atomic mass is 9.16. The Balaban J connectivity index is 0.000000228. The van der Waals surface area contributed by atoms with E-state index in [2.05, 4.69) is 184 Å². The smallest absolute Gasteiger partial charge is 0.494 e. The standard InChI is InChI=1S/C28H8BF20.2C22H23OS.BF4/c30-9-5(10(31)18(39)25(46)17(9)38)1-29(2-6-11(32)19(40)26(47)20(41)12(6)33,3-7-13(34)21(42)27(48)22(43)14(7)35)4-8-15(36)23(44)28(49)24(45)16(8)37;2*1-2-3-18-23-19-14-16-22(17-15-19)24(20-10-6-4-7-11-20)21-12-8-5-9-13-21;2-1(3,4)5/h1-4H2;2*4-17H,2-3,18H2,1H3;/q-1;2*+1;-1. The van der Waals surface area contributed by atoms with E-state index >= 15 is 0 Å². The molecule has 540 valence electrons. The summed E-state index contributed by atoms with van der Waals surface area (Å²) >= 11 is 0. The second kappa shape index (κ2) is 36.2. The van der Waals surface area contributed by atoms with Gasteiger partial charge in [-0.3, -0.25) is 0 Å². The fourth-order valence-corrected chi connectivity index (χ4v) is 14.7. The molecule has 0 aliphatic heterocycles. The predicted molar refractivity (Wildman–Crippen MR) is 339 cm³/mol. The lowest BCUT2D eigenvalue weighted by molar-refractivity contribution is 0.309. The minimum absolute atomic E-state index is 0.0858. The summed E-state index contributed by atoms with van der Waals surface area (Å²) in [5.74, 6) is -55.8. The van der Waals surface area contributed by atoms with Crippen molar-refractivity contribution in [3.8, 4) is 11.5 Å². The zero-order valence-corrected chi connectivity index (χ0v) is 54.7. The second-order valence-electron chi connectivity index (χ2n) is 22.4. The largest absolute Gasteiger partial charge is 0.673 e. The Morgan fingerprint density at radius 3 is 0.588 bits per heavy atom. The van der Waals surface area contributed by atoms with Crippen LogP contribution in [0.5, 0.6) is 11.5 Å². The van der Waals surface area contributed by atoms with Crippen molar-refractivity contribution < 1.29 is 115 Å². The zero-order chi connectivity index (χ0) is 74.9. The van der Waals surface area contributed by atoms with E-state index < -0.39 is 177 Å². The van der Waals surface area contributed by atoms with Crippen LogP contribution in [0.25, 0.3) is 0 Å². The molecule has 0 aromatic heterocycles. The van der Waals surface area contributed by atoms with Crippen molar-refractivity contribution in [2.24, 2.45) is 0 Å². The van der Waals surface area contributed by atoms with Crippen LogP contribution >= 0.6 is 0 Å². The normalized spacial score (nSPS) is 11.4. The lowest BCUT2D eigenvalue weighted by Gasteiger charge is -2.41. The molecule has 10 rings (SSSR count). The summed E-state index contributed by atoms with van der Waals surface area (Å²) in [5.41, 5.74) is -8.97. The number of hydrogen-bond donors (Lipinski definition) is 0. The molecule has 0 N–H and O–H groups in total. The molecule has 0 atom stereocenters. The van der Waals surface area contributed by atoms with Crippen molar-refractivity contribution in [3.63, 3.8) is 0 Å². The maximum Gasteiger partial charge on any atom is 0.673 e. The first-order chi connectivity index (χ1) is 48.4. The van der Waals surface area contributed by atoms with Gasteiger partial charge in [0, 0.05) is 6.15 Å². The van der Waals surface area contributed by atoms with Gasteiger partial charge in [-0.25, -0.2) is 87.8 Å². The molecule has 30 heteroatoms. The second-order valence-corrected chi connectivity index (χ2v) is 26.5. The molecular formula is C72H54B2F24O2S2. The van der Waals surface area contributed by atoms with Crippen molar-refractivity contribution in [3.05, 3.63) is 308 Å². The van der Waals surface area contributed by atoms with Crippen LogP contribution in [0.2, 0.25) is 0 Å². The van der Waals surface area contributed by atoms with Crippen molar-refractivity contribution in [1.29, 1.82) is 0 Å². The molecule has 0 heterocycles. The fourth-order valence-electron chi connectivity index (χ4n) is 10.5. The molecule has 0 amide bonds. The van der Waals surface area contributed by atoms with Gasteiger partial charge in [0.2, 0.25) is 23.3 Å². The molecule has 0 bridgehead atoms. The lowest BCUT2D eigenvalue weighted by Crippen LogP contribution is -2.49. The molecule has 102 heavy (non-hydrogen) atoms. The quantitative estimate of drug-likeness (QED) is 0.0168. The van der Waals surface area contributed by atoms with Gasteiger partial charge in [0.25, 0.3) is 0 Å². The Labute approximate surface area is 574 Å². The first kappa shape index (κ1) is 80.3. The highest BCUT2D eigenvalue weighted by Crippen LogP contribution is 2.39. The van der Waals surface area contributed by atoms with Gasteiger partial charge in [0.1, 0.15) is 11.5 Å². The van der Waals surface area contributed by atoms with E-state index in [-0.39, 0.29) is 21.8 Å². The Morgan fingerprint density at radius 1 is 0.245 bits per heavy atom. The third-order valence-corrected chi connectivity index (χ3v) is 19.8. The maximum absolute atomic E-state index is 14.9. The number of rotatable bonds is 22. The summed E-state index contributed by atoms with van der Waals surface area (Å²) in [5, 5.41) is 0. The first-order valence-corrected chi connectivity index (χ1v) is 33.1. The SMILES string of the molecule is CCCCOc1ccc([S+](c2ccccc2)c2ccccc2)cc1.CCCCOc1ccc([S+](c2ccccc2)c2ccccc2)cc1.F[B-](F)(F)F.Fc1c(F)c(F)c(C[B-](Cc2c(F)c(F)c(F)c(F)c2F)(Cc2c(F)c(F)c(F)c(F)c2F)Cc2c(F)c(F)c(F)c(F)c2F)c(F)c1F. The molecule has 0 radical (unpaired) electrons. The minimum Gasteiger partial charge on any atom is -0.494 e. The van der Waals surface area contributed by atoms with Gasteiger partial charge < -0.3 is 26.7 Å². The minimum atomic E-state index is -6.00. The van der Waals surface area contributed by atoms with Gasteiger partial charge >= 0.3 is 7.25 Å². The van der Waals surface area contributed by atoms with Crippen LogP contribution in [0, 0.1) is 116 Å². The molecule has 2 nitrogen and oxygen atoms in total. The van der Waals surface area contributed by atoms with Crippen molar-refractivity contribution in [2.45, 2.75) is 94.2 Å². The van der Waals surface area contributed by atoms with Crippen LogP contribution in [-0.2, 0) is 47.1 Å². The Hall–Kier alpha value is -9.05. The Kier molecular flexibility index (Phi) is 28.5. The highest BCUT2D eigenvalue weighted by molar-refractivity contribution is 7.97. The van der Waals surface area contributed by atoms with Crippen molar-refractivity contribution >= 4 is 35.2 Å². The van der Waals surface area contributed by atoms with E-state index in [1.807, 2.05) is 0 Å². The van der Waals surface area contributed by atoms with Crippen LogP contribution in [-0.4, -0.2) is 26.6 Å². The summed E-state index contributed by atoms with van der Waals surface area (Å²) < 4.78 is 338. The molecule has 10 aromatic carbocycles. The maximum atomic E-state index is 14.9. The van der Waals surface area contributed by atoms with Crippen LogP contribution in [0.1, 0.15) is 61.8 Å². The van der Waals surface area contributed by atoms with E-state index in [4.69, 9.17) is 9.47 Å². The highest BCUT2D eigenvalue weighted by Gasteiger charge is 2.41. The number of halogens is 24. The Bertz CT molecular complexity index is 3830. The molecule has 10 aromatic rings. The van der Waals surface area contributed by atoms with Crippen molar-refractivity contribution in [1.82, 2.24) is 0 Å². The molecule has 0 spiro atoms. The number of ether oxygens (including phenoxy) is 2. The highest BCUT2D eigenvalue weighted by atomic mass is 32.2. The van der Waals surface area contributed by atoms with E-state index in [0.717, 1.165) is 50.4 Å². The summed E-state index contributed by atoms with van der Waals surface area (Å²) in [7, 11) is -6.17. The van der Waals surface area contributed by atoms with E-state index in [1.165, 1.54) is 29.4 Å². The van der Waals surface area contributed by atoms with Gasteiger partial charge in [-0.2, -0.15) is 0 Å².